The van der Waals surface area contributed by atoms with Crippen LogP contribution in [0.25, 0.3) is 10.9 Å². The van der Waals surface area contributed by atoms with Crippen molar-refractivity contribution in [2.75, 3.05) is 73.6 Å². The standard InChI is InChI=1S/C43H47FN8O3/c44-36-9-10-37(41-40(36)32(23-45)24-46-41)51-15-1-2-30(26-51)29-3-5-33(6-4-29)49-16-13-28(14-17-49)25-48-18-20-50(21-19-48)34-7-8-35-31(22-34)27-52(43(35)55)38-11-12-39(53)47-42(38)54/h3-10,22,24,28,30,38,46H,1-2,11-21,25-27H2,(H,47,53,54)/t30-,38?/m1/s1. The molecule has 5 aliphatic heterocycles. The molecule has 5 aliphatic rings. The molecule has 3 amide bonds. The van der Waals surface area contributed by atoms with Gasteiger partial charge in [-0.3, -0.25) is 24.6 Å². The first kappa shape index (κ1) is 35.3. The number of nitrogens with one attached hydrogen (secondary N) is 2. The molecule has 284 valence electrons. The smallest absolute Gasteiger partial charge is 0.255 e. The predicted octanol–water partition coefficient (Wildman–Crippen LogP) is 5.36. The number of amides is 3. The zero-order valence-electron chi connectivity index (χ0n) is 31.1. The number of H-pyrrole nitrogens is 1. The van der Waals surface area contributed by atoms with E-state index in [4.69, 9.17) is 0 Å². The highest BCUT2D eigenvalue weighted by Gasteiger charge is 2.39. The minimum absolute atomic E-state index is 0.129. The topological polar surface area (TPSA) is 119 Å². The summed E-state index contributed by atoms with van der Waals surface area (Å²) in [6.07, 6.45) is 6.77. The van der Waals surface area contributed by atoms with Crippen molar-refractivity contribution >= 4 is 45.7 Å². The van der Waals surface area contributed by atoms with E-state index < -0.39 is 6.04 Å². The second-order valence-electron chi connectivity index (χ2n) is 16.0. The van der Waals surface area contributed by atoms with E-state index in [2.05, 4.69) is 66.3 Å². The van der Waals surface area contributed by atoms with E-state index >= 15 is 0 Å². The Kier molecular flexibility index (Phi) is 9.42. The van der Waals surface area contributed by atoms with Crippen molar-refractivity contribution in [2.45, 2.75) is 57.0 Å². The lowest BCUT2D eigenvalue weighted by atomic mass is 9.89. The van der Waals surface area contributed by atoms with Gasteiger partial charge in [-0.2, -0.15) is 5.26 Å². The fraction of sp³-hybridized carbons (Fsp3) is 0.442. The van der Waals surface area contributed by atoms with E-state index in [1.807, 2.05) is 18.2 Å². The van der Waals surface area contributed by atoms with E-state index in [0.29, 0.717) is 46.8 Å². The summed E-state index contributed by atoms with van der Waals surface area (Å²) in [4.78, 5) is 51.8. The Morgan fingerprint density at radius 1 is 0.818 bits per heavy atom. The molecule has 4 saturated heterocycles. The van der Waals surface area contributed by atoms with Crippen LogP contribution in [0.2, 0.25) is 0 Å². The molecule has 55 heavy (non-hydrogen) atoms. The van der Waals surface area contributed by atoms with Crippen molar-refractivity contribution < 1.29 is 18.8 Å². The summed E-state index contributed by atoms with van der Waals surface area (Å²) in [5, 5.41) is 12.2. The van der Waals surface area contributed by atoms with Crippen LogP contribution in [-0.2, 0) is 16.1 Å². The van der Waals surface area contributed by atoms with Crippen molar-refractivity contribution in [3.63, 3.8) is 0 Å². The maximum atomic E-state index is 14.6. The monoisotopic (exact) mass is 742 g/mol. The normalized spacial score (nSPS) is 22.7. The molecular weight excluding hydrogens is 696 g/mol. The molecule has 12 heteroatoms. The number of carbonyl (C=O) groups is 3. The van der Waals surface area contributed by atoms with Crippen LogP contribution in [0, 0.1) is 23.1 Å². The Morgan fingerprint density at radius 3 is 2.35 bits per heavy atom. The minimum atomic E-state index is -0.592. The number of aromatic nitrogens is 1. The van der Waals surface area contributed by atoms with Crippen LogP contribution in [-0.4, -0.2) is 97.4 Å². The van der Waals surface area contributed by atoms with Crippen LogP contribution >= 0.6 is 0 Å². The molecule has 0 bridgehead atoms. The summed E-state index contributed by atoms with van der Waals surface area (Å²) in [6, 6.07) is 20.1. The number of rotatable bonds is 7. The lowest BCUT2D eigenvalue weighted by molar-refractivity contribution is -0.136. The number of aromatic amines is 1. The molecule has 4 fully saturated rings. The summed E-state index contributed by atoms with van der Waals surface area (Å²) in [5.74, 6) is -0.0666. The van der Waals surface area contributed by atoms with E-state index in [0.717, 1.165) is 88.7 Å². The summed E-state index contributed by atoms with van der Waals surface area (Å²) in [5.41, 5.74) is 7.37. The van der Waals surface area contributed by atoms with Crippen LogP contribution in [0.5, 0.6) is 0 Å². The van der Waals surface area contributed by atoms with Gasteiger partial charge in [0.2, 0.25) is 11.8 Å². The number of nitrogens with zero attached hydrogens (tertiary/aromatic N) is 6. The molecule has 0 aliphatic carbocycles. The fourth-order valence-corrected chi connectivity index (χ4v) is 9.65. The van der Waals surface area contributed by atoms with E-state index in [9.17, 15) is 24.0 Å². The molecule has 9 rings (SSSR count). The number of benzene rings is 3. The van der Waals surface area contributed by atoms with Gasteiger partial charge >= 0.3 is 0 Å². The third kappa shape index (κ3) is 6.79. The number of anilines is 3. The van der Waals surface area contributed by atoms with Crippen LogP contribution in [0.3, 0.4) is 0 Å². The van der Waals surface area contributed by atoms with Crippen molar-refractivity contribution in [3.8, 4) is 6.07 Å². The Balaban J connectivity index is 0.745. The van der Waals surface area contributed by atoms with Gasteiger partial charge in [0, 0.05) is 101 Å². The molecule has 1 unspecified atom stereocenters. The SMILES string of the molecule is N#Cc1c[nH]c2c(N3CCC[C@@H](c4ccc(N5CCC(CN6CCN(c7ccc8c(c7)CN(C7CCC(=O)NC7=O)C8=O)CC6)CC5)cc4)C3)ccc(F)c12. The first-order valence-corrected chi connectivity index (χ1v) is 19.9. The van der Waals surface area contributed by atoms with Crippen LogP contribution < -0.4 is 20.0 Å². The van der Waals surface area contributed by atoms with Gasteiger partial charge in [0.25, 0.3) is 5.91 Å². The average molecular weight is 743 g/mol. The first-order chi connectivity index (χ1) is 26.8. The quantitative estimate of drug-likeness (QED) is 0.243. The molecule has 2 N–H and O–H groups in total. The maximum absolute atomic E-state index is 14.6. The van der Waals surface area contributed by atoms with Gasteiger partial charge in [0.15, 0.2) is 0 Å². The predicted molar refractivity (Wildman–Crippen MR) is 210 cm³/mol. The molecule has 0 radical (unpaired) electrons. The third-order valence-corrected chi connectivity index (χ3v) is 12.8. The summed E-state index contributed by atoms with van der Waals surface area (Å²) in [6.45, 7) is 9.32. The van der Waals surface area contributed by atoms with Gasteiger partial charge in [0.05, 0.1) is 22.2 Å². The highest BCUT2D eigenvalue weighted by atomic mass is 19.1. The van der Waals surface area contributed by atoms with E-state index in [1.54, 1.807) is 11.1 Å². The molecule has 4 aromatic rings. The summed E-state index contributed by atoms with van der Waals surface area (Å²) >= 11 is 0. The number of imide groups is 1. The first-order valence-electron chi connectivity index (χ1n) is 19.9. The third-order valence-electron chi connectivity index (χ3n) is 12.8. The highest BCUT2D eigenvalue weighted by Crippen LogP contribution is 2.37. The number of fused-ring (bicyclic) bond motifs is 2. The Bertz CT molecular complexity index is 2160. The lowest BCUT2D eigenvalue weighted by Gasteiger charge is -2.40. The molecule has 1 aromatic heterocycles. The highest BCUT2D eigenvalue weighted by molar-refractivity contribution is 6.05. The molecular formula is C43H47FN8O3. The molecule has 0 spiro atoms. The van der Waals surface area contributed by atoms with E-state index in [1.165, 1.54) is 30.2 Å². The van der Waals surface area contributed by atoms with Crippen LogP contribution in [0.15, 0.2) is 60.8 Å². The zero-order chi connectivity index (χ0) is 37.6. The van der Waals surface area contributed by atoms with Gasteiger partial charge in [-0.15, -0.1) is 0 Å². The number of halogens is 1. The number of nitriles is 1. The average Bonchev–Trinajstić information content (AvgIpc) is 3.80. The number of hydrogen-bond donors (Lipinski definition) is 2. The second-order valence-corrected chi connectivity index (χ2v) is 16.0. The van der Waals surface area contributed by atoms with Gasteiger partial charge in [-0.1, -0.05) is 12.1 Å². The van der Waals surface area contributed by atoms with Gasteiger partial charge < -0.3 is 24.6 Å². The summed E-state index contributed by atoms with van der Waals surface area (Å²) in [7, 11) is 0. The van der Waals surface area contributed by atoms with Crippen molar-refractivity contribution in [3.05, 3.63) is 88.9 Å². The van der Waals surface area contributed by atoms with Crippen molar-refractivity contribution in [1.82, 2.24) is 20.1 Å². The molecule has 6 heterocycles. The maximum Gasteiger partial charge on any atom is 0.255 e. The fourth-order valence-electron chi connectivity index (χ4n) is 9.65. The summed E-state index contributed by atoms with van der Waals surface area (Å²) < 4.78 is 14.6. The molecule has 0 saturated carbocycles. The minimum Gasteiger partial charge on any atom is -0.372 e. The van der Waals surface area contributed by atoms with Gasteiger partial charge in [-0.25, -0.2) is 4.39 Å². The van der Waals surface area contributed by atoms with Crippen molar-refractivity contribution in [2.24, 2.45) is 5.92 Å². The molecule has 3 aromatic carbocycles. The Hall–Kier alpha value is -5.41. The van der Waals surface area contributed by atoms with Crippen molar-refractivity contribution in [1.29, 1.82) is 5.26 Å². The number of carbonyl (C=O) groups excluding carboxylic acids is 3. The van der Waals surface area contributed by atoms with Gasteiger partial charge in [0.1, 0.15) is 17.9 Å². The molecule has 11 nitrogen and oxygen atoms in total. The largest absolute Gasteiger partial charge is 0.372 e. The zero-order valence-corrected chi connectivity index (χ0v) is 31.1. The van der Waals surface area contributed by atoms with Gasteiger partial charge in [-0.05, 0) is 91.6 Å². The van der Waals surface area contributed by atoms with Crippen LogP contribution in [0.4, 0.5) is 21.5 Å². The number of hydrogen-bond acceptors (Lipinski definition) is 8. The number of piperidine rings is 3. The lowest BCUT2D eigenvalue weighted by Crippen LogP contribution is -2.52. The number of piperazine rings is 1. The Labute approximate surface area is 320 Å². The molecule has 2 atom stereocenters. The van der Waals surface area contributed by atoms with E-state index in [-0.39, 0.29) is 30.0 Å². The Morgan fingerprint density at radius 2 is 1.58 bits per heavy atom. The van der Waals surface area contributed by atoms with Crippen LogP contribution in [0.1, 0.15) is 71.5 Å². The second kappa shape index (κ2) is 14.7.